The lowest BCUT2D eigenvalue weighted by atomic mass is 11.2. The van der Waals surface area contributed by atoms with E-state index in [-0.39, 0.29) is 0 Å². The summed E-state index contributed by atoms with van der Waals surface area (Å²) in [6.07, 6.45) is 0. The van der Waals surface area contributed by atoms with Crippen molar-refractivity contribution in [2.24, 2.45) is 0 Å². The molecule has 0 aliphatic heterocycles. The van der Waals surface area contributed by atoms with Crippen LogP contribution in [0, 0.1) is 0 Å². The van der Waals surface area contributed by atoms with E-state index in [9.17, 15) is 0 Å². The molecule has 0 fully saturated rings. The van der Waals surface area contributed by atoms with Crippen LogP contribution in [0.1, 0.15) is 0 Å². The van der Waals surface area contributed by atoms with Crippen molar-refractivity contribution in [3.05, 3.63) is 0 Å². The highest BCUT2D eigenvalue weighted by Gasteiger charge is 2.16. The second-order valence-electron chi connectivity index (χ2n) is 3.41. The minimum absolute atomic E-state index is 0.580. The molecule has 0 radical (unpaired) electrons. The van der Waals surface area contributed by atoms with E-state index < -0.39 is 17.9 Å². The average Bonchev–Trinajstić information content (AvgIpc) is 1.59. The van der Waals surface area contributed by atoms with Crippen molar-refractivity contribution >= 4 is 17.9 Å². The fourth-order valence-corrected chi connectivity index (χ4v) is 8.14. The molecule has 0 aromatic heterocycles. The van der Waals surface area contributed by atoms with Crippen molar-refractivity contribution in [3.63, 3.8) is 0 Å². The Kier molecular flexibility index (Phi) is 4.43. The van der Waals surface area contributed by atoms with E-state index in [4.69, 9.17) is 0 Å². The van der Waals surface area contributed by atoms with Gasteiger partial charge in [0.15, 0.2) is 0 Å². The predicted octanol–water partition coefficient (Wildman–Crippen LogP) is 0.732. The summed E-state index contributed by atoms with van der Waals surface area (Å²) in [6.45, 7) is 9.53. The highest BCUT2D eigenvalue weighted by Crippen LogP contribution is 2.00. The van der Waals surface area contributed by atoms with Gasteiger partial charge in [0.05, 0.1) is 0 Å². The van der Waals surface area contributed by atoms with Crippen molar-refractivity contribution in [2.75, 3.05) is 14.1 Å². The van der Waals surface area contributed by atoms with Gasteiger partial charge in [0.25, 0.3) is 0 Å². The molecule has 0 saturated heterocycles. The van der Waals surface area contributed by atoms with Crippen LogP contribution in [0.25, 0.3) is 0 Å². The summed E-state index contributed by atoms with van der Waals surface area (Å²) >= 11 is 0. The van der Waals surface area contributed by atoms with Crippen LogP contribution in [0.3, 0.4) is 0 Å². The van der Waals surface area contributed by atoms with Gasteiger partial charge >= 0.3 is 0 Å². The van der Waals surface area contributed by atoms with E-state index >= 15 is 0 Å². The Morgan fingerprint density at radius 1 is 0.800 bits per heavy atom. The third kappa shape index (κ3) is 2.96. The average molecular weight is 176 g/mol. The molecule has 0 aromatic rings. The summed E-state index contributed by atoms with van der Waals surface area (Å²) in [5.74, 6) is 0. The lowest BCUT2D eigenvalue weighted by Gasteiger charge is -2.35. The third-order valence-corrected chi connectivity index (χ3v) is 8.14. The smallest absolute Gasteiger partial charge is 0.114 e. The fraction of sp³-hybridized carbons (Fsp3) is 1.00. The highest BCUT2D eigenvalue weighted by atomic mass is 28.3. The predicted molar refractivity (Wildman–Crippen MR) is 53.3 cm³/mol. The zero-order valence-electron chi connectivity index (χ0n) is 8.05. The zero-order chi connectivity index (χ0) is 8.31. The minimum Gasteiger partial charge on any atom is -0.290 e. The summed E-state index contributed by atoms with van der Waals surface area (Å²) in [7, 11) is 3.15. The largest absolute Gasteiger partial charge is 0.290 e. The van der Waals surface area contributed by atoms with Crippen LogP contribution < -0.4 is 0 Å². The van der Waals surface area contributed by atoms with Gasteiger partial charge in [-0.1, -0.05) is 26.2 Å². The molecule has 62 valence electrons. The van der Waals surface area contributed by atoms with E-state index in [0.717, 1.165) is 0 Å². The van der Waals surface area contributed by atoms with Gasteiger partial charge < -0.3 is 0 Å². The fourth-order valence-electron chi connectivity index (χ4n) is 1.52. The first-order valence-corrected chi connectivity index (χ1v) is 9.57. The Bertz CT molecular complexity index is 74.7. The normalized spacial score (nSPS) is 12.6. The van der Waals surface area contributed by atoms with Gasteiger partial charge in [0.2, 0.25) is 0 Å². The molecule has 0 saturated carbocycles. The summed E-state index contributed by atoms with van der Waals surface area (Å²) in [6, 6.07) is 0. The Morgan fingerprint density at radius 2 is 1.10 bits per heavy atom. The first kappa shape index (κ1) is 10.4. The van der Waals surface area contributed by atoms with Gasteiger partial charge in [-0.3, -0.25) is 9.35 Å². The molecule has 10 heavy (non-hydrogen) atoms. The quantitative estimate of drug-likeness (QED) is 0.462. The van der Waals surface area contributed by atoms with E-state index in [1.165, 1.54) is 0 Å². The molecule has 0 aliphatic carbocycles. The summed E-state index contributed by atoms with van der Waals surface area (Å²) in [4.78, 5) is 0. The molecule has 0 amide bonds. The molecule has 0 unspecified atom stereocenters. The number of hydrazine groups is 1. The first-order valence-electron chi connectivity index (χ1n) is 3.92. The van der Waals surface area contributed by atoms with E-state index in [0.29, 0.717) is 0 Å². The molecular weight excluding hydrogens is 156 g/mol. The Labute approximate surface area is 68.2 Å². The molecule has 2 nitrogen and oxygen atoms in total. The summed E-state index contributed by atoms with van der Waals surface area (Å²) in [5.41, 5.74) is 0. The number of hydrogen-bond donors (Lipinski definition) is 0. The molecule has 4 heteroatoms. The van der Waals surface area contributed by atoms with E-state index in [1.54, 1.807) is 0 Å². The summed E-state index contributed by atoms with van der Waals surface area (Å²) < 4.78 is 2.61. The molecule has 0 aromatic carbocycles. The molecule has 0 rings (SSSR count). The van der Waals surface area contributed by atoms with Gasteiger partial charge in [-0.15, -0.1) is 0 Å². The highest BCUT2D eigenvalue weighted by molar-refractivity contribution is 6.69. The minimum atomic E-state index is -0.580. The molecule has 0 heterocycles. The van der Waals surface area contributed by atoms with E-state index in [1.807, 2.05) is 0 Å². The maximum Gasteiger partial charge on any atom is 0.114 e. The number of nitrogens with zero attached hydrogens (tertiary/aromatic N) is 2. The van der Waals surface area contributed by atoms with Crippen LogP contribution in [-0.4, -0.2) is 41.4 Å². The maximum absolute atomic E-state index is 2.61. The Morgan fingerprint density at radius 3 is 1.10 bits per heavy atom. The van der Waals surface area contributed by atoms with Crippen LogP contribution in [0.5, 0.6) is 0 Å². The van der Waals surface area contributed by atoms with Gasteiger partial charge in [0.1, 0.15) is 17.9 Å². The standard InChI is InChI=1S/C6H20N2Si2/c1-7(2)8(9(3)4)10(5)6/h9-10H,1-6H3. The SMILES string of the molecule is CN(C)N([SiH](C)C)[SiH](C)C. The second-order valence-corrected chi connectivity index (χ2v) is 9.44. The van der Waals surface area contributed by atoms with Gasteiger partial charge in [-0.2, -0.15) is 0 Å². The van der Waals surface area contributed by atoms with E-state index in [2.05, 4.69) is 49.6 Å². The van der Waals surface area contributed by atoms with Crippen LogP contribution >= 0.6 is 0 Å². The van der Waals surface area contributed by atoms with Crippen molar-refractivity contribution in [2.45, 2.75) is 26.2 Å². The van der Waals surface area contributed by atoms with Gasteiger partial charge in [0, 0.05) is 14.1 Å². The van der Waals surface area contributed by atoms with Crippen molar-refractivity contribution in [1.29, 1.82) is 0 Å². The molecule has 0 bridgehead atoms. The second kappa shape index (κ2) is 4.28. The van der Waals surface area contributed by atoms with Crippen LogP contribution in [0.2, 0.25) is 26.2 Å². The molecule has 0 aliphatic rings. The Balaban J connectivity index is 3.98. The zero-order valence-corrected chi connectivity index (χ0v) is 10.4. The lowest BCUT2D eigenvalue weighted by molar-refractivity contribution is 0.218. The third-order valence-electron chi connectivity index (χ3n) is 1.52. The monoisotopic (exact) mass is 176 g/mol. The molecule has 0 N–H and O–H groups in total. The molecule has 0 atom stereocenters. The lowest BCUT2D eigenvalue weighted by Crippen LogP contribution is -2.51. The van der Waals surface area contributed by atoms with Crippen LogP contribution in [0.4, 0.5) is 0 Å². The van der Waals surface area contributed by atoms with Gasteiger partial charge in [-0.05, 0) is 0 Å². The van der Waals surface area contributed by atoms with Crippen LogP contribution in [-0.2, 0) is 0 Å². The van der Waals surface area contributed by atoms with Crippen molar-refractivity contribution in [3.8, 4) is 0 Å². The Hall–Kier alpha value is 0.354. The topological polar surface area (TPSA) is 6.48 Å². The first-order chi connectivity index (χ1) is 4.46. The number of hydrogen-bond acceptors (Lipinski definition) is 2. The van der Waals surface area contributed by atoms with Crippen molar-refractivity contribution < 1.29 is 0 Å². The van der Waals surface area contributed by atoms with Crippen LogP contribution in [0.15, 0.2) is 0 Å². The summed E-state index contributed by atoms with van der Waals surface area (Å²) in [5, 5.41) is 2.27. The molecular formula is C6H20N2Si2. The molecule has 0 spiro atoms. The van der Waals surface area contributed by atoms with Gasteiger partial charge in [-0.25, -0.2) is 0 Å². The maximum atomic E-state index is 2.61. The van der Waals surface area contributed by atoms with Crippen molar-refractivity contribution in [1.82, 2.24) is 9.35 Å². The number of rotatable bonds is 3.